The van der Waals surface area contributed by atoms with Crippen LogP contribution in [0.4, 0.5) is 15.9 Å². The van der Waals surface area contributed by atoms with Crippen molar-refractivity contribution in [2.24, 2.45) is 0 Å². The number of anilines is 2. The molecule has 1 aromatic carbocycles. The standard InChI is InChI=1S/C24H28ClFN5O6P/c1-5-35-38(33,36-6-2)37-15(3)12-29-24(32)18-13-27-10-9-20(18)30-23-21(34-4)14-28-22(31-23)17-11-16(25)7-8-19(17)26/h7-11,13-15H,5-6,12H2,1-4H3,(H,29,32)(H,27,28,30,31)/t15-/m0/s1. The van der Waals surface area contributed by atoms with Crippen molar-refractivity contribution in [1.82, 2.24) is 20.3 Å². The van der Waals surface area contributed by atoms with Gasteiger partial charge < -0.3 is 15.4 Å². The molecule has 0 aliphatic carbocycles. The smallest absolute Gasteiger partial charge is 0.475 e. The molecule has 38 heavy (non-hydrogen) atoms. The number of ether oxygens (including phenoxy) is 1. The topological polar surface area (TPSA) is 134 Å². The summed E-state index contributed by atoms with van der Waals surface area (Å²) < 4.78 is 48.0. The van der Waals surface area contributed by atoms with Gasteiger partial charge in [0.05, 0.1) is 49.4 Å². The number of hydrogen-bond acceptors (Lipinski definition) is 10. The van der Waals surface area contributed by atoms with Crippen LogP contribution in [-0.4, -0.2) is 53.8 Å². The number of methoxy groups -OCH3 is 1. The Balaban J connectivity index is 1.79. The van der Waals surface area contributed by atoms with E-state index in [9.17, 15) is 13.8 Å². The summed E-state index contributed by atoms with van der Waals surface area (Å²) in [6.07, 6.45) is 3.53. The number of aromatic nitrogens is 3. The first-order valence-corrected chi connectivity index (χ1v) is 13.5. The summed E-state index contributed by atoms with van der Waals surface area (Å²) in [5.41, 5.74) is 0.616. The number of nitrogens with one attached hydrogen (secondary N) is 2. The van der Waals surface area contributed by atoms with Crippen LogP contribution in [0, 0.1) is 5.82 Å². The van der Waals surface area contributed by atoms with Crippen LogP contribution in [0.3, 0.4) is 0 Å². The lowest BCUT2D eigenvalue weighted by atomic mass is 10.2. The number of nitrogens with zero attached hydrogens (tertiary/aromatic N) is 3. The number of phosphoric ester groups is 1. The molecule has 14 heteroatoms. The lowest BCUT2D eigenvalue weighted by Gasteiger charge is -2.21. The van der Waals surface area contributed by atoms with Crippen molar-refractivity contribution in [2.75, 3.05) is 32.2 Å². The number of carbonyl (C=O) groups is 1. The monoisotopic (exact) mass is 567 g/mol. The first-order chi connectivity index (χ1) is 18.2. The van der Waals surface area contributed by atoms with Gasteiger partial charge in [-0.15, -0.1) is 0 Å². The molecule has 0 saturated carbocycles. The Morgan fingerprint density at radius 3 is 2.61 bits per heavy atom. The molecule has 204 valence electrons. The van der Waals surface area contributed by atoms with Gasteiger partial charge in [0.25, 0.3) is 5.91 Å². The van der Waals surface area contributed by atoms with Crippen LogP contribution in [-0.2, 0) is 18.1 Å². The fourth-order valence-electron chi connectivity index (χ4n) is 3.22. The maximum Gasteiger partial charge on any atom is 0.475 e. The van der Waals surface area contributed by atoms with E-state index in [2.05, 4.69) is 25.6 Å². The van der Waals surface area contributed by atoms with Gasteiger partial charge in [-0.3, -0.25) is 23.3 Å². The molecule has 3 rings (SSSR count). The van der Waals surface area contributed by atoms with Crippen LogP contribution >= 0.6 is 19.4 Å². The van der Waals surface area contributed by atoms with Crippen LogP contribution < -0.4 is 15.4 Å². The molecule has 2 heterocycles. The van der Waals surface area contributed by atoms with Crippen molar-refractivity contribution < 1.29 is 32.1 Å². The summed E-state index contributed by atoms with van der Waals surface area (Å²) >= 11 is 6.02. The number of phosphoric acid groups is 1. The van der Waals surface area contributed by atoms with Crippen molar-refractivity contribution in [2.45, 2.75) is 26.9 Å². The minimum atomic E-state index is -3.75. The molecular weight excluding hydrogens is 540 g/mol. The van der Waals surface area contributed by atoms with Crippen molar-refractivity contribution >= 4 is 36.8 Å². The highest BCUT2D eigenvalue weighted by Crippen LogP contribution is 2.50. The van der Waals surface area contributed by atoms with Crippen molar-refractivity contribution in [3.05, 3.63) is 59.3 Å². The average molecular weight is 568 g/mol. The molecule has 0 bridgehead atoms. The molecule has 3 aromatic rings. The van der Waals surface area contributed by atoms with Crippen LogP contribution in [0.2, 0.25) is 5.02 Å². The largest absolute Gasteiger partial charge is 0.491 e. The molecule has 1 amide bonds. The van der Waals surface area contributed by atoms with Gasteiger partial charge in [0.2, 0.25) is 0 Å². The molecule has 0 aliphatic rings. The summed E-state index contributed by atoms with van der Waals surface area (Å²) in [6, 6.07) is 5.61. The van der Waals surface area contributed by atoms with Gasteiger partial charge in [0.1, 0.15) is 5.82 Å². The zero-order chi connectivity index (χ0) is 27.7. The average Bonchev–Trinajstić information content (AvgIpc) is 2.89. The number of halogens is 2. The zero-order valence-electron chi connectivity index (χ0n) is 21.2. The normalized spacial score (nSPS) is 12.2. The lowest BCUT2D eigenvalue weighted by Crippen LogP contribution is -2.32. The third-order valence-corrected chi connectivity index (χ3v) is 6.90. The number of pyridine rings is 1. The van der Waals surface area contributed by atoms with E-state index in [0.29, 0.717) is 10.7 Å². The number of rotatable bonds is 13. The van der Waals surface area contributed by atoms with E-state index in [1.165, 1.54) is 43.9 Å². The van der Waals surface area contributed by atoms with Gasteiger partial charge in [-0.1, -0.05) is 11.6 Å². The lowest BCUT2D eigenvalue weighted by molar-refractivity contribution is 0.0811. The van der Waals surface area contributed by atoms with E-state index in [0.717, 1.165) is 0 Å². The SMILES string of the molecule is CCOP(=O)(OCC)O[C@@H](C)CNC(=O)c1cnccc1Nc1nc(-c2cc(Cl)ccc2F)ncc1OC. The van der Waals surface area contributed by atoms with Crippen LogP contribution in [0.15, 0.2) is 42.9 Å². The first-order valence-electron chi connectivity index (χ1n) is 11.6. The molecule has 0 unspecified atom stereocenters. The third-order valence-electron chi connectivity index (χ3n) is 4.90. The molecule has 11 nitrogen and oxygen atoms in total. The molecule has 0 fully saturated rings. The Morgan fingerprint density at radius 1 is 1.18 bits per heavy atom. The van der Waals surface area contributed by atoms with E-state index in [-0.39, 0.29) is 48.3 Å². The second kappa shape index (κ2) is 13.6. The zero-order valence-corrected chi connectivity index (χ0v) is 22.9. The van der Waals surface area contributed by atoms with E-state index >= 15 is 0 Å². The predicted molar refractivity (Wildman–Crippen MR) is 140 cm³/mol. The number of amides is 1. The summed E-state index contributed by atoms with van der Waals surface area (Å²) in [5.74, 6) is -0.545. The van der Waals surface area contributed by atoms with Crippen LogP contribution in [0.1, 0.15) is 31.1 Å². The Bertz CT molecular complexity index is 1310. The summed E-state index contributed by atoms with van der Waals surface area (Å²) in [6.45, 7) is 5.24. The van der Waals surface area contributed by atoms with E-state index in [1.807, 2.05) is 0 Å². The molecule has 0 aliphatic heterocycles. The summed E-state index contributed by atoms with van der Waals surface area (Å²) in [4.78, 5) is 25.6. The van der Waals surface area contributed by atoms with E-state index < -0.39 is 25.7 Å². The molecule has 0 saturated heterocycles. The minimum Gasteiger partial charge on any atom is -0.491 e. The Kier molecular flexibility index (Phi) is 10.5. The Hall–Kier alpha value is -3.15. The van der Waals surface area contributed by atoms with Crippen molar-refractivity contribution in [3.63, 3.8) is 0 Å². The van der Waals surface area contributed by atoms with Crippen LogP contribution in [0.5, 0.6) is 5.75 Å². The fourth-order valence-corrected chi connectivity index (χ4v) is 4.74. The predicted octanol–water partition coefficient (Wildman–Crippen LogP) is 5.40. The fraction of sp³-hybridized carbons (Fsp3) is 0.333. The molecule has 2 aromatic heterocycles. The van der Waals surface area contributed by atoms with Gasteiger partial charge in [-0.2, -0.15) is 0 Å². The second-order valence-corrected chi connectivity index (χ2v) is 9.75. The maximum atomic E-state index is 14.4. The Morgan fingerprint density at radius 2 is 1.92 bits per heavy atom. The first kappa shape index (κ1) is 29.4. The van der Waals surface area contributed by atoms with Gasteiger partial charge in [-0.25, -0.2) is 18.9 Å². The quantitative estimate of drug-likeness (QED) is 0.259. The summed E-state index contributed by atoms with van der Waals surface area (Å²) in [5, 5.41) is 6.06. The molecule has 1 atom stereocenters. The highest BCUT2D eigenvalue weighted by molar-refractivity contribution is 7.48. The highest BCUT2D eigenvalue weighted by atomic mass is 35.5. The summed E-state index contributed by atoms with van der Waals surface area (Å²) in [7, 11) is -2.32. The van der Waals surface area contributed by atoms with Gasteiger partial charge in [0, 0.05) is 24.0 Å². The van der Waals surface area contributed by atoms with Crippen molar-refractivity contribution in [1.29, 1.82) is 0 Å². The molecule has 0 spiro atoms. The second-order valence-electron chi connectivity index (χ2n) is 7.69. The third kappa shape index (κ3) is 7.68. The molecule has 0 radical (unpaired) electrons. The van der Waals surface area contributed by atoms with Gasteiger partial charge in [-0.05, 0) is 45.0 Å². The number of hydrogen-bond donors (Lipinski definition) is 2. The molecule has 2 N–H and O–H groups in total. The van der Waals surface area contributed by atoms with Crippen molar-refractivity contribution in [3.8, 4) is 17.1 Å². The van der Waals surface area contributed by atoms with E-state index in [1.54, 1.807) is 26.8 Å². The van der Waals surface area contributed by atoms with Crippen LogP contribution in [0.25, 0.3) is 11.4 Å². The Labute approximate surface area is 224 Å². The van der Waals surface area contributed by atoms with Gasteiger partial charge in [0.15, 0.2) is 17.4 Å². The maximum absolute atomic E-state index is 14.4. The van der Waals surface area contributed by atoms with Gasteiger partial charge >= 0.3 is 7.82 Å². The minimum absolute atomic E-state index is 0.00628. The highest BCUT2D eigenvalue weighted by Gasteiger charge is 2.28. The number of benzene rings is 1. The molecular formula is C24H28ClFN5O6P. The van der Waals surface area contributed by atoms with E-state index in [4.69, 9.17) is 29.9 Å². The number of carbonyl (C=O) groups excluding carboxylic acids is 1.